The Balaban J connectivity index is 0.978. The summed E-state index contributed by atoms with van der Waals surface area (Å²) in [7, 11) is 0. The standard InChI is InChI=1S/C46H32N4O/c1-4-11-32(12-5-1)42-30-43(48-44(47-42)33-13-6-2-7-14-33)41-18-10-17-36(29-41)38-25-26-39-27-37(23-24-40(39)28-38)31-19-21-35(22-20-31)46-50-49-45(51-46)34-15-8-3-9-16-34/h1-30,45,49H. The van der Waals surface area contributed by atoms with Gasteiger partial charge in [-0.25, -0.2) is 9.97 Å². The van der Waals surface area contributed by atoms with Crippen LogP contribution >= 0.6 is 0 Å². The lowest BCUT2D eigenvalue weighted by Gasteiger charge is -2.12. The molecule has 8 aromatic rings. The molecule has 1 aromatic heterocycles. The number of ether oxygens (including phenoxy) is 1. The van der Waals surface area contributed by atoms with Gasteiger partial charge in [-0.3, -0.25) is 5.43 Å². The minimum absolute atomic E-state index is 0.277. The van der Waals surface area contributed by atoms with Gasteiger partial charge >= 0.3 is 0 Å². The van der Waals surface area contributed by atoms with Crippen molar-refractivity contribution in [3.63, 3.8) is 0 Å². The first kappa shape index (κ1) is 30.2. The first-order valence-corrected chi connectivity index (χ1v) is 17.0. The summed E-state index contributed by atoms with van der Waals surface area (Å²) in [6.07, 6.45) is -0.277. The fraction of sp³-hybridized carbons (Fsp3) is 0.0217. The summed E-state index contributed by atoms with van der Waals surface area (Å²) in [6.45, 7) is 0. The monoisotopic (exact) mass is 656 g/mol. The first-order chi connectivity index (χ1) is 25.2. The van der Waals surface area contributed by atoms with Crippen LogP contribution in [0, 0.1) is 0 Å². The zero-order valence-corrected chi connectivity index (χ0v) is 27.6. The normalized spacial score (nSPS) is 13.7. The second-order valence-electron chi connectivity index (χ2n) is 12.6. The van der Waals surface area contributed by atoms with Crippen LogP contribution in [0.3, 0.4) is 0 Å². The van der Waals surface area contributed by atoms with Crippen LogP contribution in [-0.4, -0.2) is 15.9 Å². The molecule has 0 saturated heterocycles. The minimum Gasteiger partial charge on any atom is -0.446 e. The molecule has 1 N–H and O–H groups in total. The molecular weight excluding hydrogens is 625 g/mol. The summed E-state index contributed by atoms with van der Waals surface area (Å²) in [5.74, 6) is 1.31. The Morgan fingerprint density at radius 1 is 0.392 bits per heavy atom. The Hall–Kier alpha value is -6.85. The van der Waals surface area contributed by atoms with Gasteiger partial charge in [0.2, 0.25) is 12.1 Å². The van der Waals surface area contributed by atoms with Gasteiger partial charge in [0.15, 0.2) is 5.82 Å². The van der Waals surface area contributed by atoms with E-state index in [9.17, 15) is 0 Å². The number of benzene rings is 7. The van der Waals surface area contributed by atoms with Gasteiger partial charge in [0.1, 0.15) is 0 Å². The van der Waals surface area contributed by atoms with Crippen molar-refractivity contribution in [3.8, 4) is 56.2 Å². The number of fused-ring (bicyclic) bond motifs is 1. The number of hydrazone groups is 1. The molecule has 51 heavy (non-hydrogen) atoms. The smallest absolute Gasteiger partial charge is 0.240 e. The van der Waals surface area contributed by atoms with Gasteiger partial charge in [-0.2, -0.15) is 0 Å². The lowest BCUT2D eigenvalue weighted by molar-refractivity contribution is 0.192. The molecule has 1 atom stereocenters. The highest BCUT2D eigenvalue weighted by molar-refractivity contribution is 5.96. The molecule has 9 rings (SSSR count). The van der Waals surface area contributed by atoms with E-state index in [4.69, 9.17) is 14.7 Å². The number of hydrogen-bond donors (Lipinski definition) is 1. The van der Waals surface area contributed by atoms with Crippen molar-refractivity contribution in [2.24, 2.45) is 5.10 Å². The van der Waals surface area contributed by atoms with Gasteiger partial charge in [-0.1, -0.05) is 146 Å². The second-order valence-corrected chi connectivity index (χ2v) is 12.6. The summed E-state index contributed by atoms with van der Waals surface area (Å²) in [4.78, 5) is 9.99. The van der Waals surface area contributed by atoms with Crippen LogP contribution in [0.2, 0.25) is 0 Å². The highest BCUT2D eigenvalue weighted by atomic mass is 16.5. The van der Waals surface area contributed by atoms with E-state index in [1.165, 1.54) is 10.8 Å². The van der Waals surface area contributed by atoms with Crippen molar-refractivity contribution >= 4 is 16.7 Å². The zero-order chi connectivity index (χ0) is 34.0. The molecule has 0 radical (unpaired) electrons. The summed E-state index contributed by atoms with van der Waals surface area (Å²) < 4.78 is 6.10. The third-order valence-electron chi connectivity index (χ3n) is 9.24. The van der Waals surface area contributed by atoms with Crippen molar-refractivity contribution in [2.45, 2.75) is 6.23 Å². The second kappa shape index (κ2) is 13.2. The molecule has 5 heteroatoms. The lowest BCUT2D eigenvalue weighted by atomic mass is 9.96. The summed E-state index contributed by atoms with van der Waals surface area (Å²) >= 11 is 0. The van der Waals surface area contributed by atoms with E-state index < -0.39 is 0 Å². The van der Waals surface area contributed by atoms with Crippen molar-refractivity contribution in [3.05, 3.63) is 193 Å². The van der Waals surface area contributed by atoms with Crippen LogP contribution < -0.4 is 5.43 Å². The number of nitrogens with one attached hydrogen (secondary N) is 1. The molecule has 1 aliphatic heterocycles. The van der Waals surface area contributed by atoms with Gasteiger partial charge in [0.25, 0.3) is 0 Å². The van der Waals surface area contributed by atoms with E-state index in [-0.39, 0.29) is 6.23 Å². The van der Waals surface area contributed by atoms with Crippen LogP contribution in [-0.2, 0) is 4.74 Å². The Bertz CT molecular complexity index is 2460. The van der Waals surface area contributed by atoms with Crippen molar-refractivity contribution < 1.29 is 4.74 Å². The largest absolute Gasteiger partial charge is 0.446 e. The van der Waals surface area contributed by atoms with Crippen LogP contribution in [0.25, 0.3) is 66.9 Å². The number of nitrogens with zero attached hydrogens (tertiary/aromatic N) is 3. The fourth-order valence-corrected chi connectivity index (χ4v) is 6.52. The highest BCUT2D eigenvalue weighted by Crippen LogP contribution is 2.33. The summed E-state index contributed by atoms with van der Waals surface area (Å²) in [5.41, 5.74) is 14.5. The summed E-state index contributed by atoms with van der Waals surface area (Å²) in [5, 5.41) is 6.80. The maximum absolute atomic E-state index is 6.10. The highest BCUT2D eigenvalue weighted by Gasteiger charge is 2.22. The Kier molecular flexibility index (Phi) is 7.84. The first-order valence-electron chi connectivity index (χ1n) is 17.0. The molecule has 5 nitrogen and oxygen atoms in total. The molecule has 0 bridgehead atoms. The third kappa shape index (κ3) is 6.25. The van der Waals surface area contributed by atoms with Crippen molar-refractivity contribution in [1.29, 1.82) is 0 Å². The van der Waals surface area contributed by atoms with Gasteiger partial charge in [-0.15, -0.1) is 5.10 Å². The van der Waals surface area contributed by atoms with Gasteiger partial charge in [0, 0.05) is 27.8 Å². The molecule has 1 aliphatic rings. The SMILES string of the molecule is c1ccc(-c2cc(-c3cccc(-c4ccc5cc(-c6ccc(C7=NNC(c8ccccc8)O7)cc6)ccc5c4)c3)nc(-c3ccccc3)n2)cc1. The van der Waals surface area contributed by atoms with Crippen LogP contribution in [0.15, 0.2) is 187 Å². The van der Waals surface area contributed by atoms with Crippen molar-refractivity contribution in [2.75, 3.05) is 0 Å². The van der Waals surface area contributed by atoms with E-state index in [2.05, 4.69) is 126 Å². The van der Waals surface area contributed by atoms with Gasteiger partial charge in [0.05, 0.1) is 11.4 Å². The molecule has 0 fully saturated rings. The van der Waals surface area contributed by atoms with Crippen LogP contribution in [0.4, 0.5) is 0 Å². The Morgan fingerprint density at radius 2 is 0.902 bits per heavy atom. The fourth-order valence-electron chi connectivity index (χ4n) is 6.52. The van der Waals surface area contributed by atoms with Crippen LogP contribution in [0.5, 0.6) is 0 Å². The molecular formula is C46H32N4O. The van der Waals surface area contributed by atoms with E-state index in [0.717, 1.165) is 61.5 Å². The third-order valence-corrected chi connectivity index (χ3v) is 9.24. The Morgan fingerprint density at radius 3 is 1.59 bits per heavy atom. The molecule has 2 heterocycles. The molecule has 0 spiro atoms. The molecule has 1 unspecified atom stereocenters. The lowest BCUT2D eigenvalue weighted by Crippen LogP contribution is -2.12. The summed E-state index contributed by atoms with van der Waals surface area (Å²) in [6, 6.07) is 62.9. The van der Waals surface area contributed by atoms with Gasteiger partial charge < -0.3 is 4.74 Å². The minimum atomic E-state index is -0.277. The van der Waals surface area contributed by atoms with Gasteiger partial charge in [-0.05, 0) is 69.4 Å². The van der Waals surface area contributed by atoms with E-state index in [0.29, 0.717) is 11.7 Å². The number of hydrogen-bond acceptors (Lipinski definition) is 5. The van der Waals surface area contributed by atoms with Crippen molar-refractivity contribution in [1.82, 2.24) is 15.4 Å². The molecule has 0 amide bonds. The molecule has 242 valence electrons. The van der Waals surface area contributed by atoms with E-state index in [1.807, 2.05) is 66.7 Å². The maximum atomic E-state index is 6.10. The van der Waals surface area contributed by atoms with Crippen LogP contribution in [0.1, 0.15) is 17.4 Å². The zero-order valence-electron chi connectivity index (χ0n) is 27.6. The number of rotatable bonds is 7. The number of aromatic nitrogens is 2. The van der Waals surface area contributed by atoms with E-state index >= 15 is 0 Å². The molecule has 7 aromatic carbocycles. The average molecular weight is 657 g/mol. The predicted molar refractivity (Wildman–Crippen MR) is 207 cm³/mol. The Labute approximate surface area is 296 Å². The molecule has 0 saturated carbocycles. The maximum Gasteiger partial charge on any atom is 0.240 e. The van der Waals surface area contributed by atoms with E-state index in [1.54, 1.807) is 0 Å². The molecule has 0 aliphatic carbocycles. The average Bonchev–Trinajstić information content (AvgIpc) is 3.72. The quantitative estimate of drug-likeness (QED) is 0.185. The predicted octanol–water partition coefficient (Wildman–Crippen LogP) is 10.9. The topological polar surface area (TPSA) is 59.4 Å².